The highest BCUT2D eigenvalue weighted by Gasteiger charge is 2.30. The van der Waals surface area contributed by atoms with Gasteiger partial charge in [-0.3, -0.25) is 37.3 Å². The molecule has 0 heterocycles. The van der Waals surface area contributed by atoms with E-state index in [1.165, 1.54) is 263 Å². The van der Waals surface area contributed by atoms with Gasteiger partial charge in [0.25, 0.3) is 0 Å². The zero-order valence-corrected chi connectivity index (χ0v) is 67.8. The van der Waals surface area contributed by atoms with Gasteiger partial charge in [-0.05, 0) is 31.6 Å². The topological polar surface area (TPSA) is 237 Å². The molecule has 0 bridgehead atoms. The molecular weight excluding hydrogens is 1320 g/mol. The van der Waals surface area contributed by atoms with Crippen LogP contribution in [0.1, 0.15) is 439 Å². The molecule has 600 valence electrons. The van der Waals surface area contributed by atoms with Crippen LogP contribution in [0.3, 0.4) is 0 Å². The Morgan fingerprint density at radius 2 is 0.455 bits per heavy atom. The van der Waals surface area contributed by atoms with E-state index in [0.717, 1.165) is 95.8 Å². The zero-order valence-electron chi connectivity index (χ0n) is 66.1. The molecule has 0 rings (SSSR count). The number of carbonyl (C=O) groups is 4. The number of aliphatic hydroxyl groups is 1. The van der Waals surface area contributed by atoms with Crippen LogP contribution in [0.2, 0.25) is 0 Å². The van der Waals surface area contributed by atoms with Gasteiger partial charge in [-0.15, -0.1) is 0 Å². The molecule has 0 aromatic heterocycles. The minimum atomic E-state index is -4.96. The molecule has 19 heteroatoms. The SMILES string of the molecule is CCCCCCCCCCCCCCCCCCCCCCC(=O)O[C@H](COC(=O)CCCCCCCCCCCCCCCCCCC)COP(=O)(O)OC[C@@H](O)COP(=O)(O)OC[C@@H](COC(=O)CCCCCCCCCCC(C)C)OC(=O)CCCCCCCCCCCCCCC. The first kappa shape index (κ1) is 99.1. The standard InChI is InChI=1S/C82H160O17P2/c1-6-9-12-15-18-21-24-27-29-31-32-33-35-37-40-43-46-53-58-63-68-82(87)98-77(71-92-79(84)65-60-55-50-44-41-39-36-34-30-28-25-22-19-16-13-10-7-2)73-96-100(88,89)94-69-76(83)70-95-101(90,91)97-74-78(72-93-80(85)66-61-56-51-48-47-49-54-59-64-75(4)5)99-81(86)67-62-57-52-45-42-38-26-23-20-17-14-11-8-3/h75-78,83H,6-74H2,1-5H3,(H,88,89)(H,90,91)/t76-,77-,78-/m1/s1. The average Bonchev–Trinajstić information content (AvgIpc) is 0.942. The minimum absolute atomic E-state index is 0.108. The van der Waals surface area contributed by atoms with Gasteiger partial charge in [0.2, 0.25) is 0 Å². The van der Waals surface area contributed by atoms with Gasteiger partial charge in [-0.2, -0.15) is 0 Å². The summed E-state index contributed by atoms with van der Waals surface area (Å²) in [5.74, 6) is -1.38. The van der Waals surface area contributed by atoms with Gasteiger partial charge >= 0.3 is 39.5 Å². The lowest BCUT2D eigenvalue weighted by atomic mass is 10.0. The Kier molecular flexibility index (Phi) is 73.5. The largest absolute Gasteiger partial charge is 0.472 e. The smallest absolute Gasteiger partial charge is 0.462 e. The molecule has 0 aromatic rings. The third kappa shape index (κ3) is 76.1. The van der Waals surface area contributed by atoms with Crippen molar-refractivity contribution in [2.24, 2.45) is 5.92 Å². The number of phosphoric acid groups is 2. The summed E-state index contributed by atoms with van der Waals surface area (Å²) in [5.41, 5.74) is 0. The van der Waals surface area contributed by atoms with Crippen molar-refractivity contribution < 1.29 is 80.2 Å². The quantitative estimate of drug-likeness (QED) is 0.0222. The second-order valence-corrected chi connectivity index (χ2v) is 32.9. The van der Waals surface area contributed by atoms with Crippen LogP contribution in [0.5, 0.6) is 0 Å². The molecule has 2 unspecified atom stereocenters. The number of carbonyl (C=O) groups excluding carboxylic acids is 4. The van der Waals surface area contributed by atoms with Gasteiger partial charge < -0.3 is 33.8 Å². The van der Waals surface area contributed by atoms with Crippen LogP contribution in [0, 0.1) is 5.92 Å². The Morgan fingerprint density at radius 3 is 0.673 bits per heavy atom. The second kappa shape index (κ2) is 74.9. The number of ether oxygens (including phenoxy) is 4. The van der Waals surface area contributed by atoms with E-state index in [9.17, 15) is 43.2 Å². The lowest BCUT2D eigenvalue weighted by Gasteiger charge is -2.21. The van der Waals surface area contributed by atoms with E-state index in [0.29, 0.717) is 25.7 Å². The van der Waals surface area contributed by atoms with E-state index >= 15 is 0 Å². The van der Waals surface area contributed by atoms with Crippen LogP contribution in [-0.4, -0.2) is 96.7 Å². The Labute approximate surface area is 619 Å². The predicted octanol–water partition coefficient (Wildman–Crippen LogP) is 24.8. The first-order valence-corrected chi connectivity index (χ1v) is 45.6. The molecule has 0 aliphatic carbocycles. The fourth-order valence-corrected chi connectivity index (χ4v) is 14.3. The summed E-state index contributed by atoms with van der Waals surface area (Å²) in [6, 6.07) is 0. The van der Waals surface area contributed by atoms with Gasteiger partial charge in [-0.1, -0.05) is 388 Å². The van der Waals surface area contributed by atoms with Crippen molar-refractivity contribution in [2.45, 2.75) is 457 Å². The molecule has 101 heavy (non-hydrogen) atoms. The molecule has 0 spiro atoms. The number of hydrogen-bond acceptors (Lipinski definition) is 15. The second-order valence-electron chi connectivity index (χ2n) is 30.0. The molecule has 0 saturated carbocycles. The van der Waals surface area contributed by atoms with Gasteiger partial charge in [0.05, 0.1) is 26.4 Å². The van der Waals surface area contributed by atoms with E-state index in [4.69, 9.17) is 37.0 Å². The first-order valence-electron chi connectivity index (χ1n) is 42.6. The highest BCUT2D eigenvalue weighted by molar-refractivity contribution is 7.47. The van der Waals surface area contributed by atoms with Crippen molar-refractivity contribution in [3.63, 3.8) is 0 Å². The fraction of sp³-hybridized carbons (Fsp3) is 0.951. The van der Waals surface area contributed by atoms with Crippen LogP contribution in [0.4, 0.5) is 0 Å². The number of rotatable bonds is 82. The molecule has 0 fully saturated rings. The van der Waals surface area contributed by atoms with Crippen LogP contribution in [0.25, 0.3) is 0 Å². The highest BCUT2D eigenvalue weighted by Crippen LogP contribution is 2.45. The maximum Gasteiger partial charge on any atom is 0.472 e. The van der Waals surface area contributed by atoms with Gasteiger partial charge in [0, 0.05) is 25.7 Å². The number of esters is 4. The van der Waals surface area contributed by atoms with E-state index in [2.05, 4.69) is 34.6 Å². The van der Waals surface area contributed by atoms with E-state index in [1.807, 2.05) is 0 Å². The molecule has 17 nitrogen and oxygen atoms in total. The van der Waals surface area contributed by atoms with Crippen molar-refractivity contribution in [1.82, 2.24) is 0 Å². The molecular formula is C82H160O17P2. The highest BCUT2D eigenvalue weighted by atomic mass is 31.2. The van der Waals surface area contributed by atoms with Crippen molar-refractivity contribution in [1.29, 1.82) is 0 Å². The molecule has 0 saturated heterocycles. The van der Waals surface area contributed by atoms with Crippen molar-refractivity contribution in [3.05, 3.63) is 0 Å². The summed E-state index contributed by atoms with van der Waals surface area (Å²) in [4.78, 5) is 73.1. The predicted molar refractivity (Wildman–Crippen MR) is 414 cm³/mol. The van der Waals surface area contributed by atoms with E-state index in [-0.39, 0.29) is 25.7 Å². The lowest BCUT2D eigenvalue weighted by Crippen LogP contribution is -2.30. The van der Waals surface area contributed by atoms with Crippen LogP contribution >= 0.6 is 15.6 Å². The fourth-order valence-electron chi connectivity index (χ4n) is 12.8. The molecule has 0 radical (unpaired) electrons. The van der Waals surface area contributed by atoms with Crippen LogP contribution < -0.4 is 0 Å². The number of aliphatic hydroxyl groups excluding tert-OH is 1. The average molecular weight is 1480 g/mol. The van der Waals surface area contributed by atoms with Gasteiger partial charge in [0.15, 0.2) is 12.2 Å². The molecule has 0 amide bonds. The maximum absolute atomic E-state index is 13.1. The summed E-state index contributed by atoms with van der Waals surface area (Å²) >= 11 is 0. The van der Waals surface area contributed by atoms with Crippen LogP contribution in [0.15, 0.2) is 0 Å². The number of unbranched alkanes of at least 4 members (excludes halogenated alkanes) is 54. The van der Waals surface area contributed by atoms with Gasteiger partial charge in [-0.25, -0.2) is 9.13 Å². The third-order valence-corrected chi connectivity index (χ3v) is 21.2. The summed E-state index contributed by atoms with van der Waals surface area (Å²) < 4.78 is 68.8. The molecule has 5 atom stereocenters. The molecule has 0 aromatic carbocycles. The van der Waals surface area contributed by atoms with Crippen LogP contribution in [-0.2, 0) is 65.4 Å². The zero-order chi connectivity index (χ0) is 74.1. The number of hydrogen-bond donors (Lipinski definition) is 3. The minimum Gasteiger partial charge on any atom is -0.462 e. The Bertz CT molecular complexity index is 1930. The molecule has 3 N–H and O–H groups in total. The van der Waals surface area contributed by atoms with Crippen molar-refractivity contribution in [2.75, 3.05) is 39.6 Å². The van der Waals surface area contributed by atoms with Gasteiger partial charge in [0.1, 0.15) is 19.3 Å². The normalized spacial score (nSPS) is 13.8. The van der Waals surface area contributed by atoms with Crippen molar-refractivity contribution in [3.8, 4) is 0 Å². The third-order valence-electron chi connectivity index (χ3n) is 19.3. The Hall–Kier alpha value is -1.94. The lowest BCUT2D eigenvalue weighted by molar-refractivity contribution is -0.161. The summed E-state index contributed by atoms with van der Waals surface area (Å²) in [6.07, 6.45) is 66.6. The molecule has 0 aliphatic rings. The molecule has 0 aliphatic heterocycles. The van der Waals surface area contributed by atoms with Crippen molar-refractivity contribution >= 4 is 39.5 Å². The monoisotopic (exact) mass is 1480 g/mol. The summed E-state index contributed by atoms with van der Waals surface area (Å²) in [6.45, 7) is 7.30. The first-order chi connectivity index (χ1) is 49.0. The Balaban J connectivity index is 5.23. The Morgan fingerprint density at radius 1 is 0.267 bits per heavy atom. The maximum atomic E-state index is 13.1. The number of phosphoric ester groups is 2. The van der Waals surface area contributed by atoms with E-state index < -0.39 is 97.5 Å². The van der Waals surface area contributed by atoms with E-state index in [1.54, 1.807) is 0 Å². The summed E-state index contributed by atoms with van der Waals surface area (Å²) in [5, 5.41) is 10.6. The summed E-state index contributed by atoms with van der Waals surface area (Å²) in [7, 11) is -9.92.